The minimum Gasteiger partial charge on any atom is -0.384 e. The van der Waals surface area contributed by atoms with Crippen molar-refractivity contribution in [1.82, 2.24) is 0 Å². The Balaban J connectivity index is 2.40. The topological polar surface area (TPSA) is 20.2 Å². The lowest BCUT2D eigenvalue weighted by Crippen LogP contribution is -2.00. The van der Waals surface area contributed by atoms with Crippen molar-refractivity contribution < 1.29 is 5.11 Å². The molecule has 3 heteroatoms. The largest absolute Gasteiger partial charge is 0.384 e. The smallest absolute Gasteiger partial charge is 0.105 e. The van der Waals surface area contributed by atoms with Gasteiger partial charge >= 0.3 is 0 Å². The fourth-order valence-corrected chi connectivity index (χ4v) is 2.60. The van der Waals surface area contributed by atoms with Gasteiger partial charge in [0.05, 0.1) is 0 Å². The first-order valence-electron chi connectivity index (χ1n) is 5.07. The third-order valence-electron chi connectivity index (χ3n) is 2.60. The number of aryl methyl sites for hydroxylation is 2. The Morgan fingerprint density at radius 2 is 2.00 bits per heavy atom. The highest BCUT2D eigenvalue weighted by Crippen LogP contribution is 2.29. The van der Waals surface area contributed by atoms with Gasteiger partial charge in [-0.3, -0.25) is 0 Å². The number of hydrogen-bond donors (Lipinski definition) is 1. The zero-order chi connectivity index (χ0) is 11.7. The zero-order valence-corrected chi connectivity index (χ0v) is 10.8. The molecule has 1 heterocycles. The van der Waals surface area contributed by atoms with Crippen molar-refractivity contribution in [2.45, 2.75) is 20.0 Å². The summed E-state index contributed by atoms with van der Waals surface area (Å²) in [6.45, 7) is 4.01. The Hall–Kier alpha value is -0.830. The number of benzene rings is 1. The third-order valence-corrected chi connectivity index (χ3v) is 3.72. The number of halogens is 1. The molecule has 1 aromatic heterocycles. The number of rotatable bonds is 2. The first kappa shape index (κ1) is 11.6. The van der Waals surface area contributed by atoms with Gasteiger partial charge < -0.3 is 5.11 Å². The Morgan fingerprint density at radius 3 is 2.62 bits per heavy atom. The molecular weight excluding hydrogens is 240 g/mol. The number of aliphatic hydroxyl groups excluding tert-OH is 1. The molecule has 0 radical (unpaired) electrons. The molecule has 1 atom stereocenters. The minimum atomic E-state index is -0.580. The molecule has 0 aliphatic heterocycles. The maximum absolute atomic E-state index is 10.3. The highest BCUT2D eigenvalue weighted by molar-refractivity contribution is 7.10. The van der Waals surface area contributed by atoms with E-state index in [9.17, 15) is 5.11 Å². The van der Waals surface area contributed by atoms with Gasteiger partial charge in [0, 0.05) is 9.90 Å². The summed E-state index contributed by atoms with van der Waals surface area (Å²) in [4.78, 5) is 1.20. The van der Waals surface area contributed by atoms with E-state index in [0.717, 1.165) is 16.7 Å². The average Bonchev–Trinajstić information content (AvgIpc) is 2.67. The van der Waals surface area contributed by atoms with Crippen LogP contribution in [0.15, 0.2) is 29.6 Å². The third kappa shape index (κ3) is 2.29. The van der Waals surface area contributed by atoms with Crippen LogP contribution in [0.1, 0.15) is 27.7 Å². The summed E-state index contributed by atoms with van der Waals surface area (Å²) in [6.07, 6.45) is -0.580. The molecule has 0 aliphatic rings. The van der Waals surface area contributed by atoms with Crippen molar-refractivity contribution in [2.75, 3.05) is 0 Å². The first-order valence-corrected chi connectivity index (χ1v) is 6.33. The molecule has 1 unspecified atom stereocenters. The molecule has 0 aliphatic carbocycles. The van der Waals surface area contributed by atoms with Gasteiger partial charge in [-0.05, 0) is 54.1 Å². The van der Waals surface area contributed by atoms with Crippen LogP contribution in [0.4, 0.5) is 0 Å². The van der Waals surface area contributed by atoms with Crippen LogP contribution < -0.4 is 0 Å². The zero-order valence-electron chi connectivity index (χ0n) is 9.20. The standard InChI is InChI=1S/C13H13ClOS/c1-8-3-4-11(14)6-12(8)13(15)10-5-9(2)16-7-10/h3-7,13,15H,1-2H3. The van der Waals surface area contributed by atoms with Gasteiger partial charge in [-0.25, -0.2) is 0 Å². The van der Waals surface area contributed by atoms with Crippen molar-refractivity contribution in [3.63, 3.8) is 0 Å². The summed E-state index contributed by atoms with van der Waals surface area (Å²) in [5.41, 5.74) is 2.87. The molecule has 1 N–H and O–H groups in total. The summed E-state index contributed by atoms with van der Waals surface area (Å²) in [5.74, 6) is 0. The van der Waals surface area contributed by atoms with Gasteiger partial charge in [0.1, 0.15) is 6.10 Å². The Labute approximate surface area is 104 Å². The van der Waals surface area contributed by atoms with E-state index in [1.165, 1.54) is 4.88 Å². The lowest BCUT2D eigenvalue weighted by molar-refractivity contribution is 0.220. The van der Waals surface area contributed by atoms with Crippen LogP contribution in [-0.2, 0) is 0 Å². The van der Waals surface area contributed by atoms with E-state index in [4.69, 9.17) is 11.6 Å². The fourth-order valence-electron chi connectivity index (χ4n) is 1.69. The van der Waals surface area contributed by atoms with Gasteiger partial charge in [0.2, 0.25) is 0 Å². The SMILES string of the molecule is Cc1cc(C(O)c2cc(Cl)ccc2C)cs1. The predicted molar refractivity (Wildman–Crippen MR) is 69.3 cm³/mol. The van der Waals surface area contributed by atoms with Crippen LogP contribution in [0.2, 0.25) is 5.02 Å². The number of aliphatic hydroxyl groups is 1. The monoisotopic (exact) mass is 252 g/mol. The van der Waals surface area contributed by atoms with Crippen molar-refractivity contribution >= 4 is 22.9 Å². The average molecular weight is 253 g/mol. The van der Waals surface area contributed by atoms with E-state index >= 15 is 0 Å². The highest BCUT2D eigenvalue weighted by atomic mass is 35.5. The van der Waals surface area contributed by atoms with Gasteiger partial charge in [0.25, 0.3) is 0 Å². The molecule has 2 rings (SSSR count). The van der Waals surface area contributed by atoms with Crippen LogP contribution in [0.3, 0.4) is 0 Å². The summed E-state index contributed by atoms with van der Waals surface area (Å²) in [5, 5.41) is 12.9. The van der Waals surface area contributed by atoms with Crippen molar-refractivity contribution in [2.24, 2.45) is 0 Å². The van der Waals surface area contributed by atoms with Crippen molar-refractivity contribution in [3.05, 3.63) is 56.2 Å². The molecule has 0 spiro atoms. The van der Waals surface area contributed by atoms with E-state index in [0.29, 0.717) is 5.02 Å². The lowest BCUT2D eigenvalue weighted by atomic mass is 9.99. The van der Waals surface area contributed by atoms with Crippen molar-refractivity contribution in [3.8, 4) is 0 Å². The Morgan fingerprint density at radius 1 is 1.25 bits per heavy atom. The Bertz CT molecular complexity index is 504. The van der Waals surface area contributed by atoms with Crippen LogP contribution in [0.5, 0.6) is 0 Å². The van der Waals surface area contributed by atoms with Crippen LogP contribution in [0.25, 0.3) is 0 Å². The molecule has 0 saturated carbocycles. The molecule has 0 bridgehead atoms. The van der Waals surface area contributed by atoms with Crippen molar-refractivity contribution in [1.29, 1.82) is 0 Å². The Kier molecular flexibility index (Phi) is 3.33. The van der Waals surface area contributed by atoms with Crippen LogP contribution in [0, 0.1) is 13.8 Å². The number of hydrogen-bond acceptors (Lipinski definition) is 2. The molecule has 16 heavy (non-hydrogen) atoms. The fraction of sp³-hybridized carbons (Fsp3) is 0.231. The summed E-state index contributed by atoms with van der Waals surface area (Å²) in [7, 11) is 0. The van der Waals surface area contributed by atoms with Crippen LogP contribution >= 0.6 is 22.9 Å². The van der Waals surface area contributed by atoms with Gasteiger partial charge in [-0.2, -0.15) is 0 Å². The van der Waals surface area contributed by atoms with E-state index in [1.54, 1.807) is 11.3 Å². The molecule has 0 saturated heterocycles. The van der Waals surface area contributed by atoms with Crippen LogP contribution in [-0.4, -0.2) is 5.11 Å². The van der Waals surface area contributed by atoms with Gasteiger partial charge in [-0.1, -0.05) is 17.7 Å². The summed E-state index contributed by atoms with van der Waals surface area (Å²) in [6, 6.07) is 7.61. The maximum Gasteiger partial charge on any atom is 0.105 e. The maximum atomic E-state index is 10.3. The predicted octanol–water partition coefficient (Wildman–Crippen LogP) is 4.10. The van der Waals surface area contributed by atoms with E-state index < -0.39 is 6.10 Å². The second-order valence-electron chi connectivity index (χ2n) is 3.89. The molecule has 0 amide bonds. The van der Waals surface area contributed by atoms with Gasteiger partial charge in [-0.15, -0.1) is 11.3 Å². The van der Waals surface area contributed by atoms with E-state index in [2.05, 4.69) is 0 Å². The quantitative estimate of drug-likeness (QED) is 0.853. The highest BCUT2D eigenvalue weighted by Gasteiger charge is 2.14. The second-order valence-corrected chi connectivity index (χ2v) is 5.45. The second kappa shape index (κ2) is 4.58. The van der Waals surface area contributed by atoms with Gasteiger partial charge in [0.15, 0.2) is 0 Å². The molecule has 2 aromatic rings. The molecule has 84 valence electrons. The first-order chi connectivity index (χ1) is 7.58. The summed E-state index contributed by atoms with van der Waals surface area (Å²) < 4.78 is 0. The number of thiophene rings is 1. The van der Waals surface area contributed by atoms with E-state index in [-0.39, 0.29) is 0 Å². The molecule has 1 nitrogen and oxygen atoms in total. The normalized spacial score (nSPS) is 12.8. The molecule has 1 aromatic carbocycles. The summed E-state index contributed by atoms with van der Waals surface area (Å²) >= 11 is 7.59. The lowest BCUT2D eigenvalue weighted by Gasteiger charge is -2.12. The molecule has 0 fully saturated rings. The minimum absolute atomic E-state index is 0.580. The van der Waals surface area contributed by atoms with E-state index in [1.807, 2.05) is 43.5 Å². The molecular formula is C13H13ClOS.